The summed E-state index contributed by atoms with van der Waals surface area (Å²) in [5.41, 5.74) is 4.61. The molecule has 0 aromatic heterocycles. The van der Waals surface area contributed by atoms with Gasteiger partial charge in [-0.25, -0.2) is 0 Å². The zero-order chi connectivity index (χ0) is 18.9. The Morgan fingerprint density at radius 3 is 2.62 bits per heavy atom. The molecular formula is C19H19BrCl2N2O2. The number of hydrazone groups is 1. The average Bonchev–Trinajstić information content (AvgIpc) is 2.60. The number of nitrogens with one attached hydrogen (secondary N) is 1. The summed E-state index contributed by atoms with van der Waals surface area (Å²) in [4.78, 5) is 0. The minimum absolute atomic E-state index is 0.395. The molecule has 2 rings (SSSR count). The van der Waals surface area contributed by atoms with Crippen molar-refractivity contribution in [3.8, 4) is 11.5 Å². The topological polar surface area (TPSA) is 42.8 Å². The summed E-state index contributed by atoms with van der Waals surface area (Å²) in [6, 6.07) is 9.15. The van der Waals surface area contributed by atoms with E-state index in [1.807, 2.05) is 19.1 Å². The highest BCUT2D eigenvalue weighted by Gasteiger charge is 2.11. The van der Waals surface area contributed by atoms with Crippen molar-refractivity contribution in [1.29, 1.82) is 0 Å². The number of halogens is 3. The molecule has 0 aliphatic carbocycles. The summed E-state index contributed by atoms with van der Waals surface area (Å²) in [7, 11) is 0. The fraction of sp³-hybridized carbons (Fsp3) is 0.211. The Morgan fingerprint density at radius 1 is 1.23 bits per heavy atom. The molecule has 0 saturated heterocycles. The van der Waals surface area contributed by atoms with E-state index in [0.717, 1.165) is 15.6 Å². The second kappa shape index (κ2) is 10.5. The second-order valence-corrected chi connectivity index (χ2v) is 6.82. The Hall–Kier alpha value is -1.69. The molecule has 0 bridgehead atoms. The lowest BCUT2D eigenvalue weighted by atomic mass is 10.2. The molecule has 1 N–H and O–H groups in total. The van der Waals surface area contributed by atoms with Gasteiger partial charge in [0.15, 0.2) is 11.5 Å². The third-order valence-electron chi connectivity index (χ3n) is 3.30. The Kier molecular flexibility index (Phi) is 8.29. The van der Waals surface area contributed by atoms with Gasteiger partial charge in [0.05, 0.1) is 23.8 Å². The maximum atomic E-state index is 6.14. The average molecular weight is 458 g/mol. The molecular weight excluding hydrogens is 439 g/mol. The molecule has 0 atom stereocenters. The van der Waals surface area contributed by atoms with Crippen molar-refractivity contribution >= 4 is 45.3 Å². The quantitative estimate of drug-likeness (QED) is 0.292. The van der Waals surface area contributed by atoms with Gasteiger partial charge in [0.2, 0.25) is 0 Å². The molecule has 26 heavy (non-hydrogen) atoms. The molecule has 0 unspecified atom stereocenters. The molecule has 0 aliphatic rings. The molecule has 0 spiro atoms. The van der Waals surface area contributed by atoms with Crippen molar-refractivity contribution in [1.82, 2.24) is 5.43 Å². The van der Waals surface area contributed by atoms with Crippen LogP contribution in [0.5, 0.6) is 11.5 Å². The van der Waals surface area contributed by atoms with Crippen LogP contribution in [-0.2, 0) is 6.54 Å². The van der Waals surface area contributed by atoms with Crippen molar-refractivity contribution in [2.75, 3.05) is 13.2 Å². The van der Waals surface area contributed by atoms with E-state index in [1.165, 1.54) is 0 Å². The first-order valence-corrected chi connectivity index (χ1v) is 9.50. The minimum Gasteiger partial charge on any atom is -0.490 e. The molecule has 138 valence electrons. The van der Waals surface area contributed by atoms with Crippen LogP contribution in [0, 0.1) is 0 Å². The Bertz CT molecular complexity index is 777. The standard InChI is InChI=1S/C19H19BrCl2N2O2/c1-3-8-26-19-15(20)9-13(10-18(19)25-4-2)11-23-24-12-14-16(21)6-5-7-17(14)22/h3,5-7,9-11,24H,1,4,8,12H2,2H3/b23-11-. The molecule has 2 aromatic carbocycles. The summed E-state index contributed by atoms with van der Waals surface area (Å²) in [5, 5.41) is 5.43. The Labute approximate surface area is 171 Å². The molecule has 4 nitrogen and oxygen atoms in total. The predicted octanol–water partition coefficient (Wildman–Crippen LogP) is 5.84. The molecule has 0 saturated carbocycles. The fourth-order valence-electron chi connectivity index (χ4n) is 2.15. The van der Waals surface area contributed by atoms with Gasteiger partial charge in [-0.05, 0) is 52.7 Å². The molecule has 0 amide bonds. The zero-order valence-corrected chi connectivity index (χ0v) is 17.4. The monoisotopic (exact) mass is 456 g/mol. The molecule has 2 aromatic rings. The van der Waals surface area contributed by atoms with Crippen LogP contribution in [0.1, 0.15) is 18.1 Å². The summed E-state index contributed by atoms with van der Waals surface area (Å²) < 4.78 is 12.1. The van der Waals surface area contributed by atoms with Gasteiger partial charge in [-0.2, -0.15) is 5.10 Å². The van der Waals surface area contributed by atoms with Crippen molar-refractivity contribution in [2.24, 2.45) is 5.10 Å². The first kappa shape index (κ1) is 20.6. The van der Waals surface area contributed by atoms with Crippen LogP contribution < -0.4 is 14.9 Å². The van der Waals surface area contributed by atoms with Gasteiger partial charge in [0, 0.05) is 15.6 Å². The van der Waals surface area contributed by atoms with Crippen LogP contribution >= 0.6 is 39.1 Å². The van der Waals surface area contributed by atoms with E-state index in [9.17, 15) is 0 Å². The second-order valence-electron chi connectivity index (χ2n) is 5.16. The van der Waals surface area contributed by atoms with Crippen LogP contribution in [0.3, 0.4) is 0 Å². The van der Waals surface area contributed by atoms with Crippen molar-refractivity contribution in [3.05, 3.63) is 68.6 Å². The van der Waals surface area contributed by atoms with Gasteiger partial charge in [0.25, 0.3) is 0 Å². The van der Waals surface area contributed by atoms with Crippen LogP contribution in [0.15, 0.2) is 52.6 Å². The van der Waals surface area contributed by atoms with Gasteiger partial charge in [-0.15, -0.1) is 0 Å². The van der Waals surface area contributed by atoms with Crippen LogP contribution in [0.2, 0.25) is 10.0 Å². The normalized spacial score (nSPS) is 10.8. The van der Waals surface area contributed by atoms with E-state index < -0.39 is 0 Å². The van der Waals surface area contributed by atoms with E-state index in [0.29, 0.717) is 41.3 Å². The molecule has 0 heterocycles. The molecule has 0 aliphatic heterocycles. The lowest BCUT2D eigenvalue weighted by Crippen LogP contribution is -2.07. The number of nitrogens with zero attached hydrogens (tertiary/aromatic N) is 1. The summed E-state index contributed by atoms with van der Waals surface area (Å²) in [6.45, 7) is 6.92. The fourth-order valence-corrected chi connectivity index (χ4v) is 3.26. The molecule has 0 fully saturated rings. The van der Waals surface area contributed by atoms with Gasteiger partial charge < -0.3 is 14.9 Å². The van der Waals surface area contributed by atoms with E-state index >= 15 is 0 Å². The molecule has 0 radical (unpaired) electrons. The number of ether oxygens (including phenoxy) is 2. The Balaban J connectivity index is 2.10. The zero-order valence-electron chi connectivity index (χ0n) is 14.3. The molecule has 7 heteroatoms. The van der Waals surface area contributed by atoms with Crippen LogP contribution in [-0.4, -0.2) is 19.4 Å². The van der Waals surface area contributed by atoms with Gasteiger partial charge >= 0.3 is 0 Å². The van der Waals surface area contributed by atoms with Crippen LogP contribution in [0.25, 0.3) is 0 Å². The minimum atomic E-state index is 0.395. The summed E-state index contributed by atoms with van der Waals surface area (Å²) in [5.74, 6) is 1.28. The highest BCUT2D eigenvalue weighted by Crippen LogP contribution is 2.36. The predicted molar refractivity (Wildman–Crippen MR) is 112 cm³/mol. The van der Waals surface area contributed by atoms with Gasteiger partial charge in [-0.3, -0.25) is 0 Å². The van der Waals surface area contributed by atoms with E-state index in [4.69, 9.17) is 32.7 Å². The van der Waals surface area contributed by atoms with Crippen molar-refractivity contribution in [2.45, 2.75) is 13.5 Å². The van der Waals surface area contributed by atoms with E-state index in [-0.39, 0.29) is 0 Å². The number of benzene rings is 2. The third-order valence-corrected chi connectivity index (χ3v) is 4.60. The maximum absolute atomic E-state index is 6.14. The third kappa shape index (κ3) is 5.66. The summed E-state index contributed by atoms with van der Waals surface area (Å²) >= 11 is 15.8. The lowest BCUT2D eigenvalue weighted by Gasteiger charge is -2.13. The van der Waals surface area contributed by atoms with Gasteiger partial charge in [0.1, 0.15) is 6.61 Å². The first-order valence-electron chi connectivity index (χ1n) is 7.95. The SMILES string of the molecule is C=CCOc1c(Br)cc(/C=N\NCc2c(Cl)cccc2Cl)cc1OCC. The highest BCUT2D eigenvalue weighted by molar-refractivity contribution is 9.10. The summed E-state index contributed by atoms with van der Waals surface area (Å²) in [6.07, 6.45) is 3.37. The maximum Gasteiger partial charge on any atom is 0.175 e. The number of hydrogen-bond acceptors (Lipinski definition) is 4. The first-order chi connectivity index (χ1) is 12.6. The number of rotatable bonds is 9. The van der Waals surface area contributed by atoms with E-state index in [1.54, 1.807) is 30.5 Å². The highest BCUT2D eigenvalue weighted by atomic mass is 79.9. The lowest BCUT2D eigenvalue weighted by molar-refractivity contribution is 0.295. The number of hydrogen-bond donors (Lipinski definition) is 1. The largest absolute Gasteiger partial charge is 0.490 e. The smallest absolute Gasteiger partial charge is 0.175 e. The van der Waals surface area contributed by atoms with Crippen molar-refractivity contribution in [3.63, 3.8) is 0 Å². The van der Waals surface area contributed by atoms with E-state index in [2.05, 4.69) is 33.0 Å². The van der Waals surface area contributed by atoms with Crippen molar-refractivity contribution < 1.29 is 9.47 Å². The van der Waals surface area contributed by atoms with Gasteiger partial charge in [-0.1, -0.05) is 41.9 Å². The van der Waals surface area contributed by atoms with Crippen LogP contribution in [0.4, 0.5) is 0 Å². The Morgan fingerprint density at radius 2 is 1.96 bits per heavy atom.